The molecule has 0 aromatic rings. The molecule has 0 unspecified atom stereocenters. The first-order valence-corrected chi connectivity index (χ1v) is 28.2. The summed E-state index contributed by atoms with van der Waals surface area (Å²) in [6.45, 7) is 0. The van der Waals surface area contributed by atoms with Crippen molar-refractivity contribution in [3.05, 3.63) is 0 Å². The van der Waals surface area contributed by atoms with Crippen molar-refractivity contribution in [2.45, 2.75) is 0 Å². The first-order valence-electron chi connectivity index (χ1n) is 1.13. The second-order valence-electron chi connectivity index (χ2n) is 1.07. The molecule has 0 bridgehead atoms. The van der Waals surface area contributed by atoms with Gasteiger partial charge in [0.1, 0.15) is 0 Å². The standard InChI is InChI=1S/5ClH.FH.U/h6*1H;/q;;;;;;+6/p-6. The Kier molecular flexibility index (Phi) is 2.07. The molecule has 0 N–H and O–H groups in total. The third kappa shape index (κ3) is 59.0. The summed E-state index contributed by atoms with van der Waals surface area (Å²) in [5.74, 6) is 0. The van der Waals surface area contributed by atoms with Gasteiger partial charge in [-0.05, 0) is 0 Å². The second kappa shape index (κ2) is 1.53. The Morgan fingerprint density at radius 1 is 0.857 bits per heavy atom. The fraction of sp³-hybridized carbons (Fsp3) is 0. The van der Waals surface area contributed by atoms with Gasteiger partial charge in [0.05, 0.1) is 0 Å². The molecule has 0 heterocycles. The van der Waals surface area contributed by atoms with Crippen molar-refractivity contribution < 1.29 is 17.1 Å². The molecule has 0 nitrogen and oxygen atoms in total. The predicted molar refractivity (Wildman–Crippen MR) is 30.4 cm³/mol. The third-order valence-electron chi connectivity index (χ3n) is 0. The summed E-state index contributed by atoms with van der Waals surface area (Å²) in [6.07, 6.45) is 0. The molecule has 0 aromatic heterocycles. The van der Waals surface area contributed by atoms with E-state index in [1.165, 1.54) is 0 Å². The van der Waals surface area contributed by atoms with E-state index >= 15 is 0 Å². The van der Waals surface area contributed by atoms with E-state index in [1.807, 2.05) is 0 Å². The molecule has 0 fully saturated rings. The molecule has 0 rings (SSSR count). The summed E-state index contributed by atoms with van der Waals surface area (Å²) in [6, 6.07) is 0. The monoisotopic (exact) mass is 432 g/mol. The molecule has 0 aromatic carbocycles. The van der Waals surface area contributed by atoms with Gasteiger partial charge in [0, 0.05) is 0 Å². The van der Waals surface area contributed by atoms with E-state index in [0.29, 0.717) is 0 Å². The predicted octanol–water partition coefficient (Wildman–Crippen LogP) is 3.87. The molecular weight excluding hydrogens is 434 g/mol. The topological polar surface area (TPSA) is 0 Å². The number of hydrogen-bond donors (Lipinski definition) is 0. The van der Waals surface area contributed by atoms with Crippen LogP contribution in [0.1, 0.15) is 0 Å². The van der Waals surface area contributed by atoms with E-state index in [9.17, 15) is 2.10 Å². The molecule has 0 amide bonds. The van der Waals surface area contributed by atoms with Crippen LogP contribution in [0.5, 0.6) is 0 Å². The zero-order valence-electron chi connectivity index (χ0n) is 2.77. The van der Waals surface area contributed by atoms with Crippen LogP contribution in [0.3, 0.4) is 0 Å². The van der Waals surface area contributed by atoms with Crippen molar-refractivity contribution in [3.8, 4) is 0 Å². The van der Waals surface area contributed by atoms with Crippen LogP contribution in [0.15, 0.2) is 0 Å². The number of rotatable bonds is 0. The van der Waals surface area contributed by atoms with Gasteiger partial charge in [0.2, 0.25) is 0 Å². The Hall–Kier alpha value is 2.43. The molecular formula is Cl5FU. The van der Waals surface area contributed by atoms with Gasteiger partial charge < -0.3 is 0 Å². The summed E-state index contributed by atoms with van der Waals surface area (Å²) in [5, 5.41) is 0. The van der Waals surface area contributed by atoms with Gasteiger partial charge in [-0.25, -0.2) is 0 Å². The van der Waals surface area contributed by atoms with Crippen LogP contribution >= 0.6 is 38.1 Å². The Bertz CT molecular complexity index is 66.6. The Balaban J connectivity index is 4.43. The molecule has 0 saturated heterocycles. The maximum atomic E-state index is 12.1. The number of halogens is 6. The van der Waals surface area contributed by atoms with Crippen LogP contribution in [0.2, 0.25) is 0 Å². The van der Waals surface area contributed by atoms with Gasteiger partial charge in [-0.3, -0.25) is 0 Å². The minimum absolute atomic E-state index is 4.65. The molecule has 0 spiro atoms. The maximum absolute atomic E-state index is 12.1. The molecule has 0 saturated carbocycles. The summed E-state index contributed by atoms with van der Waals surface area (Å²) >= 11 is -6.59. The van der Waals surface area contributed by atoms with Crippen molar-refractivity contribution in [2.24, 2.45) is 0 Å². The van der Waals surface area contributed by atoms with Gasteiger partial charge >= 0.3 is 55.2 Å². The Morgan fingerprint density at radius 3 is 0.857 bits per heavy atom. The number of hydrogen-bond acceptors (Lipinski definition) is 0. The quantitative estimate of drug-likeness (QED) is 0.543. The van der Waals surface area contributed by atoms with Gasteiger partial charge in [0.25, 0.3) is 0 Å². The van der Waals surface area contributed by atoms with Crippen molar-refractivity contribution >= 4 is 38.1 Å². The molecule has 0 aliphatic rings. The Morgan fingerprint density at radius 2 is 0.857 bits per heavy atom. The van der Waals surface area contributed by atoms with Crippen LogP contribution in [-0.4, -0.2) is 0 Å². The fourth-order valence-electron chi connectivity index (χ4n) is 0. The van der Waals surface area contributed by atoms with Gasteiger partial charge in [-0.15, -0.1) is 0 Å². The molecule has 0 atom stereocenters. The van der Waals surface area contributed by atoms with Gasteiger partial charge in [-0.1, -0.05) is 0 Å². The Labute approximate surface area is 54.1 Å². The van der Waals surface area contributed by atoms with Crippen LogP contribution in [0.4, 0.5) is 2.10 Å². The molecule has 46 valence electrons. The summed E-state index contributed by atoms with van der Waals surface area (Å²) < 4.78 is 12.1. The summed E-state index contributed by atoms with van der Waals surface area (Å²) in [7, 11) is 23.3. The average Bonchev–Trinajstić information content (AvgIpc) is 0.592. The second-order valence-corrected chi connectivity index (χ2v) is 70.0. The first-order chi connectivity index (χ1) is 2.45. The SMILES string of the molecule is [F][U]([Cl])([Cl])([Cl])([Cl])[Cl]. The zero-order valence-corrected chi connectivity index (χ0v) is 10.7. The van der Waals surface area contributed by atoms with Gasteiger partial charge in [0.15, 0.2) is 0 Å². The average molecular weight is 434 g/mol. The van der Waals surface area contributed by atoms with Crippen molar-refractivity contribution in [3.63, 3.8) is 0 Å². The van der Waals surface area contributed by atoms with Crippen molar-refractivity contribution in [1.29, 1.82) is 0 Å². The molecule has 0 aliphatic heterocycles. The molecule has 7 heteroatoms. The first kappa shape index (κ1) is 9.43. The van der Waals surface area contributed by atoms with Crippen LogP contribution in [0, 0.1) is 15.0 Å². The summed E-state index contributed by atoms with van der Waals surface area (Å²) in [5.41, 5.74) is 0. The minimum atomic E-state index is -6.59. The zero-order chi connectivity index (χ0) is 6.41. The molecule has 0 radical (unpaired) electrons. The van der Waals surface area contributed by atoms with Crippen LogP contribution in [0.25, 0.3) is 0 Å². The van der Waals surface area contributed by atoms with Crippen LogP contribution < -0.4 is 0 Å². The fourth-order valence-corrected chi connectivity index (χ4v) is 0. The van der Waals surface area contributed by atoms with E-state index in [2.05, 4.69) is 38.1 Å². The van der Waals surface area contributed by atoms with E-state index in [1.54, 1.807) is 0 Å². The van der Waals surface area contributed by atoms with Crippen molar-refractivity contribution in [1.82, 2.24) is 0 Å². The normalized spacial score (nSPS) is 23.1. The van der Waals surface area contributed by atoms with E-state index in [-0.39, 0.29) is 0 Å². The van der Waals surface area contributed by atoms with E-state index < -0.39 is 15.0 Å². The molecule has 0 aliphatic carbocycles. The van der Waals surface area contributed by atoms with Gasteiger partial charge in [-0.2, -0.15) is 0 Å². The summed E-state index contributed by atoms with van der Waals surface area (Å²) in [4.78, 5) is 0. The van der Waals surface area contributed by atoms with E-state index in [0.717, 1.165) is 0 Å². The molecule has 7 heavy (non-hydrogen) atoms. The van der Waals surface area contributed by atoms with Crippen molar-refractivity contribution in [2.75, 3.05) is 0 Å². The van der Waals surface area contributed by atoms with Crippen LogP contribution in [-0.2, 0) is 0 Å². The third-order valence-corrected chi connectivity index (χ3v) is 0. The van der Waals surface area contributed by atoms with E-state index in [4.69, 9.17) is 0 Å².